The lowest BCUT2D eigenvalue weighted by Gasteiger charge is -2.22. The van der Waals surface area contributed by atoms with E-state index in [0.717, 1.165) is 5.69 Å². The Morgan fingerprint density at radius 1 is 1.53 bits per heavy atom. The first-order valence-electron chi connectivity index (χ1n) is 5.26. The molecule has 0 aromatic heterocycles. The third-order valence-electron chi connectivity index (χ3n) is 2.67. The maximum Gasteiger partial charge on any atom is 0.138 e. The van der Waals surface area contributed by atoms with Gasteiger partial charge in [-0.2, -0.15) is 5.26 Å². The van der Waals surface area contributed by atoms with Gasteiger partial charge in [-0.3, -0.25) is 0 Å². The molecule has 1 aromatic carbocycles. The normalized spacial score (nSPS) is 18.3. The van der Waals surface area contributed by atoms with Crippen LogP contribution in [-0.2, 0) is 0 Å². The Labute approximate surface area is 100 Å². The van der Waals surface area contributed by atoms with Gasteiger partial charge in [0.05, 0.1) is 12.7 Å². The third kappa shape index (κ3) is 1.97. The molecule has 1 aliphatic heterocycles. The minimum atomic E-state index is 0.0904. The van der Waals surface area contributed by atoms with Crippen LogP contribution < -0.4 is 20.7 Å². The van der Waals surface area contributed by atoms with E-state index >= 15 is 0 Å². The highest BCUT2D eigenvalue weighted by Crippen LogP contribution is 2.27. The summed E-state index contributed by atoms with van der Waals surface area (Å²) in [4.78, 5) is 1.99. The highest BCUT2D eigenvalue weighted by molar-refractivity contribution is 5.59. The molecule has 1 unspecified atom stereocenters. The number of benzene rings is 1. The lowest BCUT2D eigenvalue weighted by Crippen LogP contribution is -2.33. The van der Waals surface area contributed by atoms with Crippen molar-refractivity contribution in [2.45, 2.75) is 13.1 Å². The van der Waals surface area contributed by atoms with Gasteiger partial charge in [0.1, 0.15) is 23.8 Å². The summed E-state index contributed by atoms with van der Waals surface area (Å²) in [6, 6.07) is 7.52. The zero-order chi connectivity index (χ0) is 12.4. The van der Waals surface area contributed by atoms with Gasteiger partial charge in [-0.15, -0.1) is 0 Å². The maximum absolute atomic E-state index is 8.91. The maximum atomic E-state index is 8.91. The Hall–Kier alpha value is -2.35. The van der Waals surface area contributed by atoms with Gasteiger partial charge in [0.25, 0.3) is 0 Å². The molecule has 0 saturated carbocycles. The minimum Gasteiger partial charge on any atom is -0.495 e. The smallest absolute Gasteiger partial charge is 0.138 e. The Morgan fingerprint density at radius 3 is 2.82 bits per heavy atom. The van der Waals surface area contributed by atoms with Crippen molar-refractivity contribution >= 4 is 5.69 Å². The van der Waals surface area contributed by atoms with Crippen LogP contribution in [0.15, 0.2) is 30.2 Å². The van der Waals surface area contributed by atoms with Crippen molar-refractivity contribution in [2.75, 3.05) is 12.0 Å². The lowest BCUT2D eigenvalue weighted by molar-refractivity contribution is 0.413. The molecule has 0 spiro atoms. The van der Waals surface area contributed by atoms with Crippen molar-refractivity contribution in [3.8, 4) is 11.8 Å². The number of nitrogens with one attached hydrogen (secondary N) is 1. The van der Waals surface area contributed by atoms with E-state index < -0.39 is 0 Å². The van der Waals surface area contributed by atoms with Crippen molar-refractivity contribution in [1.29, 1.82) is 5.26 Å². The SMILES string of the molecule is COc1cc(N2C=C(N)NC2C)ccc1C#N. The standard InChI is InChI=1S/C12H14N4O/c1-8-15-12(14)7-16(8)10-4-3-9(6-13)11(5-10)17-2/h3-5,7-8,15H,14H2,1-2H3. The fraction of sp³-hybridized carbons (Fsp3) is 0.250. The summed E-state index contributed by atoms with van der Waals surface area (Å²) in [6.07, 6.45) is 1.92. The average Bonchev–Trinajstić information content (AvgIpc) is 2.67. The van der Waals surface area contributed by atoms with Gasteiger partial charge >= 0.3 is 0 Å². The van der Waals surface area contributed by atoms with Crippen LogP contribution in [-0.4, -0.2) is 13.3 Å². The Kier molecular flexibility index (Phi) is 2.79. The molecule has 88 valence electrons. The third-order valence-corrected chi connectivity index (χ3v) is 2.67. The number of methoxy groups -OCH3 is 1. The van der Waals surface area contributed by atoms with Gasteiger partial charge in [0, 0.05) is 18.0 Å². The molecule has 2 rings (SSSR count). The monoisotopic (exact) mass is 230 g/mol. The molecule has 5 nitrogen and oxygen atoms in total. The number of nitriles is 1. The van der Waals surface area contributed by atoms with Crippen molar-refractivity contribution < 1.29 is 4.74 Å². The molecule has 1 aromatic rings. The second kappa shape index (κ2) is 4.26. The molecule has 3 N–H and O–H groups in total. The van der Waals surface area contributed by atoms with Gasteiger partial charge in [0.2, 0.25) is 0 Å². The summed E-state index contributed by atoms with van der Waals surface area (Å²) in [6.45, 7) is 2.00. The van der Waals surface area contributed by atoms with Crippen LogP contribution in [0, 0.1) is 11.3 Å². The predicted octanol–water partition coefficient (Wildman–Crippen LogP) is 1.08. The summed E-state index contributed by atoms with van der Waals surface area (Å²) in [5.74, 6) is 1.19. The van der Waals surface area contributed by atoms with Crippen molar-refractivity contribution in [2.24, 2.45) is 5.73 Å². The molecule has 0 bridgehead atoms. The van der Waals surface area contributed by atoms with Crippen LogP contribution >= 0.6 is 0 Å². The van der Waals surface area contributed by atoms with Gasteiger partial charge in [0.15, 0.2) is 0 Å². The zero-order valence-corrected chi connectivity index (χ0v) is 9.77. The van der Waals surface area contributed by atoms with Crippen molar-refractivity contribution in [3.63, 3.8) is 0 Å². The van der Waals surface area contributed by atoms with E-state index in [2.05, 4.69) is 11.4 Å². The van der Waals surface area contributed by atoms with Crippen LogP contribution in [0.4, 0.5) is 5.69 Å². The number of anilines is 1. The van der Waals surface area contributed by atoms with E-state index in [4.69, 9.17) is 15.7 Å². The lowest BCUT2D eigenvalue weighted by atomic mass is 10.2. The van der Waals surface area contributed by atoms with Crippen LogP contribution in [0.5, 0.6) is 5.75 Å². The summed E-state index contributed by atoms with van der Waals surface area (Å²) < 4.78 is 5.18. The van der Waals surface area contributed by atoms with E-state index in [0.29, 0.717) is 17.1 Å². The van der Waals surface area contributed by atoms with E-state index in [-0.39, 0.29) is 6.17 Å². The molecule has 1 aliphatic rings. The van der Waals surface area contributed by atoms with Crippen molar-refractivity contribution in [3.05, 3.63) is 35.8 Å². The van der Waals surface area contributed by atoms with Crippen molar-refractivity contribution in [1.82, 2.24) is 5.32 Å². The van der Waals surface area contributed by atoms with Gasteiger partial charge in [-0.25, -0.2) is 0 Å². The predicted molar refractivity (Wildman–Crippen MR) is 65.1 cm³/mol. The summed E-state index contributed by atoms with van der Waals surface area (Å²) in [5, 5.41) is 12.0. The number of nitrogens with two attached hydrogens (primary N) is 1. The number of nitrogens with zero attached hydrogens (tertiary/aromatic N) is 2. The average molecular weight is 230 g/mol. The molecule has 0 fully saturated rings. The van der Waals surface area contributed by atoms with Gasteiger partial charge in [-0.1, -0.05) is 0 Å². The zero-order valence-electron chi connectivity index (χ0n) is 9.77. The number of rotatable bonds is 2. The summed E-state index contributed by atoms with van der Waals surface area (Å²) in [7, 11) is 1.55. The van der Waals surface area contributed by atoms with Crippen LogP contribution in [0.3, 0.4) is 0 Å². The minimum absolute atomic E-state index is 0.0904. The van der Waals surface area contributed by atoms with Gasteiger partial charge < -0.3 is 20.7 Å². The fourth-order valence-electron chi connectivity index (χ4n) is 1.84. The second-order valence-electron chi connectivity index (χ2n) is 3.81. The van der Waals surface area contributed by atoms with Crippen LogP contribution in [0.1, 0.15) is 12.5 Å². The largest absolute Gasteiger partial charge is 0.495 e. The van der Waals surface area contributed by atoms with E-state index in [1.54, 1.807) is 13.2 Å². The molecule has 0 radical (unpaired) electrons. The van der Waals surface area contributed by atoms with E-state index in [1.165, 1.54) is 0 Å². The molecule has 17 heavy (non-hydrogen) atoms. The highest BCUT2D eigenvalue weighted by atomic mass is 16.5. The molecule has 0 aliphatic carbocycles. The first-order valence-corrected chi connectivity index (χ1v) is 5.26. The molecule has 0 saturated heterocycles. The molecular weight excluding hydrogens is 216 g/mol. The molecule has 1 atom stereocenters. The van der Waals surface area contributed by atoms with Gasteiger partial charge in [-0.05, 0) is 19.1 Å². The van der Waals surface area contributed by atoms with Crippen LogP contribution in [0.25, 0.3) is 0 Å². The first-order chi connectivity index (χ1) is 8.15. The summed E-state index contributed by atoms with van der Waals surface area (Å²) >= 11 is 0. The topological polar surface area (TPSA) is 74.3 Å². The number of ether oxygens (including phenoxy) is 1. The number of hydrogen-bond donors (Lipinski definition) is 2. The van der Waals surface area contributed by atoms with E-state index in [1.807, 2.05) is 30.2 Å². The molecule has 0 amide bonds. The Bertz CT molecular complexity index is 504. The highest BCUT2D eigenvalue weighted by Gasteiger charge is 2.20. The second-order valence-corrected chi connectivity index (χ2v) is 3.81. The summed E-state index contributed by atoms with van der Waals surface area (Å²) in [5.41, 5.74) is 7.16. The first kappa shape index (κ1) is 11.1. The number of hydrogen-bond acceptors (Lipinski definition) is 5. The van der Waals surface area contributed by atoms with Crippen LogP contribution in [0.2, 0.25) is 0 Å². The molecular formula is C12H14N4O. The fourth-order valence-corrected chi connectivity index (χ4v) is 1.84. The molecule has 1 heterocycles. The quantitative estimate of drug-likeness (QED) is 0.795. The Balaban J connectivity index is 2.38. The van der Waals surface area contributed by atoms with E-state index in [9.17, 15) is 0 Å². The molecule has 5 heteroatoms. The Morgan fingerprint density at radius 2 is 2.29 bits per heavy atom.